The predicted octanol–water partition coefficient (Wildman–Crippen LogP) is 4.18. The van der Waals surface area contributed by atoms with Gasteiger partial charge in [-0.2, -0.15) is 5.10 Å². The second-order valence-corrected chi connectivity index (χ2v) is 11.4. The van der Waals surface area contributed by atoms with Gasteiger partial charge in [0, 0.05) is 44.5 Å². The minimum Gasteiger partial charge on any atom is -0.342 e. The molecule has 0 N–H and O–H groups in total. The van der Waals surface area contributed by atoms with Crippen LogP contribution in [0.1, 0.15) is 51.7 Å². The molecule has 1 aromatic heterocycles. The lowest BCUT2D eigenvalue weighted by molar-refractivity contribution is -0.138. The number of nitrogens with zero attached hydrogens (tertiary/aromatic N) is 4. The first-order valence-corrected chi connectivity index (χ1v) is 12.6. The summed E-state index contributed by atoms with van der Waals surface area (Å²) in [7, 11) is 1.93. The third-order valence-corrected chi connectivity index (χ3v) is 9.10. The van der Waals surface area contributed by atoms with E-state index >= 15 is 0 Å². The lowest BCUT2D eigenvalue weighted by atomic mass is 9.84. The van der Waals surface area contributed by atoms with Crippen LogP contribution in [0.5, 0.6) is 0 Å². The Bertz CT molecular complexity index is 1000. The number of carbonyl (C=O) groups excluding carboxylic acids is 2. The first-order chi connectivity index (χ1) is 16.0. The number of likely N-dealkylation sites (N-methyl/N-ethyl adjacent to an activating group) is 1. The highest BCUT2D eigenvalue weighted by molar-refractivity contribution is 5.84. The monoisotopic (exact) mass is 464 g/mol. The molecule has 0 bridgehead atoms. The van der Waals surface area contributed by atoms with Crippen LogP contribution in [0.15, 0.2) is 42.7 Å². The van der Waals surface area contributed by atoms with Crippen LogP contribution in [0.2, 0.25) is 0 Å². The average molecular weight is 465 g/mol. The lowest BCUT2D eigenvalue weighted by Crippen LogP contribution is -2.49. The molecule has 1 aliphatic heterocycles. The zero-order chi connectivity index (χ0) is 24.7. The Morgan fingerprint density at radius 1 is 1.09 bits per heavy atom. The Hall–Kier alpha value is -2.63. The number of aromatic nitrogens is 2. The van der Waals surface area contributed by atoms with Crippen LogP contribution in [0.4, 0.5) is 0 Å². The van der Waals surface area contributed by atoms with Gasteiger partial charge in [0.25, 0.3) is 0 Å². The quantitative estimate of drug-likeness (QED) is 0.618. The van der Waals surface area contributed by atoms with Gasteiger partial charge in [-0.15, -0.1) is 0 Å². The zero-order valence-corrected chi connectivity index (χ0v) is 21.6. The third-order valence-electron chi connectivity index (χ3n) is 9.10. The number of piperidine rings is 1. The molecule has 184 valence electrons. The molecule has 2 heterocycles. The van der Waals surface area contributed by atoms with Gasteiger partial charge in [0.15, 0.2) is 0 Å². The van der Waals surface area contributed by atoms with E-state index in [-0.39, 0.29) is 35.2 Å². The number of rotatable bonds is 7. The minimum absolute atomic E-state index is 0.0629. The van der Waals surface area contributed by atoms with E-state index in [0.717, 1.165) is 32.4 Å². The number of likely N-dealkylation sites (tertiary alicyclic amines) is 1. The fraction of sp³-hybridized carbons (Fsp3) is 0.607. The zero-order valence-electron chi connectivity index (χ0n) is 21.6. The van der Waals surface area contributed by atoms with Crippen LogP contribution in [-0.4, -0.2) is 57.6 Å². The summed E-state index contributed by atoms with van der Waals surface area (Å²) < 4.78 is 1.68. The molecule has 1 unspecified atom stereocenters. The minimum atomic E-state index is 0.0629. The summed E-state index contributed by atoms with van der Waals surface area (Å²) in [5, 5.41) is 4.21. The van der Waals surface area contributed by atoms with E-state index in [9.17, 15) is 9.59 Å². The van der Waals surface area contributed by atoms with Crippen LogP contribution in [0, 0.1) is 29.6 Å². The summed E-state index contributed by atoms with van der Waals surface area (Å²) in [6.45, 7) is 12.8. The lowest BCUT2D eigenvalue weighted by Gasteiger charge is -2.40. The van der Waals surface area contributed by atoms with Crippen LogP contribution in [0.3, 0.4) is 0 Å². The summed E-state index contributed by atoms with van der Waals surface area (Å²) in [4.78, 5) is 30.5. The van der Waals surface area contributed by atoms with Gasteiger partial charge in [0.05, 0.1) is 0 Å². The van der Waals surface area contributed by atoms with Gasteiger partial charge in [-0.3, -0.25) is 14.3 Å². The summed E-state index contributed by atoms with van der Waals surface area (Å²) in [5.41, 5.74) is 2.67. The molecule has 2 amide bonds. The molecule has 6 nitrogen and oxygen atoms in total. The summed E-state index contributed by atoms with van der Waals surface area (Å²) >= 11 is 0. The third kappa shape index (κ3) is 4.51. The number of benzene rings is 1. The molecule has 0 radical (unpaired) electrons. The predicted molar refractivity (Wildman–Crippen MR) is 134 cm³/mol. The molecule has 1 saturated heterocycles. The summed E-state index contributed by atoms with van der Waals surface area (Å²) in [6, 6.07) is 10.4. The van der Waals surface area contributed by atoms with E-state index in [2.05, 4.69) is 68.9 Å². The molecule has 6 heteroatoms. The van der Waals surface area contributed by atoms with E-state index in [1.165, 1.54) is 11.1 Å². The van der Waals surface area contributed by atoms with Gasteiger partial charge in [0.2, 0.25) is 11.8 Å². The Balaban J connectivity index is 1.46. The summed E-state index contributed by atoms with van der Waals surface area (Å²) in [5.74, 6) is 0.849. The molecular weight excluding hydrogens is 424 g/mol. The topological polar surface area (TPSA) is 58.4 Å². The normalized spacial score (nSPS) is 20.7. The van der Waals surface area contributed by atoms with Crippen molar-refractivity contribution in [3.05, 3.63) is 53.9 Å². The van der Waals surface area contributed by atoms with Crippen molar-refractivity contribution < 1.29 is 9.59 Å². The van der Waals surface area contributed by atoms with Crippen molar-refractivity contribution in [3.8, 4) is 0 Å². The van der Waals surface area contributed by atoms with Crippen molar-refractivity contribution in [2.75, 3.05) is 20.1 Å². The van der Waals surface area contributed by atoms with Crippen molar-refractivity contribution >= 4 is 11.8 Å². The van der Waals surface area contributed by atoms with Crippen molar-refractivity contribution in [3.63, 3.8) is 0 Å². The highest BCUT2D eigenvalue weighted by Crippen LogP contribution is 2.68. The molecule has 0 spiro atoms. The Morgan fingerprint density at radius 2 is 1.74 bits per heavy atom. The maximum atomic E-state index is 13.3. The standard InChI is InChI=1S/C28H40N4O2/c1-20-10-7-8-11-22(20)18-23(30(6)24(33)19-32-15-9-14-29-32)21-12-16-31(17-13-21)26(34)25-27(2,3)28(25,4)5/h7-11,14-15,21,23,25H,12-13,16-19H2,1-6H3. The van der Waals surface area contributed by atoms with Gasteiger partial charge in [-0.1, -0.05) is 52.0 Å². The molecule has 1 aliphatic carbocycles. The number of hydrogen-bond acceptors (Lipinski definition) is 3. The molecule has 1 aromatic carbocycles. The number of aryl methyl sites for hydroxylation is 1. The van der Waals surface area contributed by atoms with Gasteiger partial charge in [-0.05, 0) is 60.1 Å². The molecular formula is C28H40N4O2. The Morgan fingerprint density at radius 3 is 2.29 bits per heavy atom. The van der Waals surface area contributed by atoms with Crippen LogP contribution < -0.4 is 0 Å². The largest absolute Gasteiger partial charge is 0.342 e. The number of carbonyl (C=O) groups is 2. The SMILES string of the molecule is Cc1ccccc1CC(C1CCN(C(=O)C2C(C)(C)C2(C)C)CC1)N(C)C(=O)Cn1cccn1. The van der Waals surface area contributed by atoms with Gasteiger partial charge in [0.1, 0.15) is 6.54 Å². The van der Waals surface area contributed by atoms with E-state index in [1.807, 2.05) is 24.2 Å². The maximum absolute atomic E-state index is 13.3. The highest BCUT2D eigenvalue weighted by atomic mass is 16.2. The fourth-order valence-electron chi connectivity index (χ4n) is 6.01. The molecule has 2 fully saturated rings. The van der Waals surface area contributed by atoms with E-state index in [1.54, 1.807) is 10.9 Å². The molecule has 2 aliphatic rings. The fourth-order valence-corrected chi connectivity index (χ4v) is 6.01. The van der Waals surface area contributed by atoms with Gasteiger partial charge < -0.3 is 9.80 Å². The molecule has 34 heavy (non-hydrogen) atoms. The second-order valence-electron chi connectivity index (χ2n) is 11.4. The molecule has 1 atom stereocenters. The smallest absolute Gasteiger partial charge is 0.244 e. The Labute approximate surface area is 204 Å². The molecule has 2 aromatic rings. The van der Waals surface area contributed by atoms with Crippen LogP contribution in [0.25, 0.3) is 0 Å². The van der Waals surface area contributed by atoms with Crippen molar-refractivity contribution in [1.82, 2.24) is 19.6 Å². The van der Waals surface area contributed by atoms with Crippen molar-refractivity contribution in [2.24, 2.45) is 22.7 Å². The summed E-state index contributed by atoms with van der Waals surface area (Å²) in [6.07, 6.45) is 6.21. The van der Waals surface area contributed by atoms with E-state index in [4.69, 9.17) is 0 Å². The van der Waals surface area contributed by atoms with Crippen LogP contribution >= 0.6 is 0 Å². The Kier molecular flexibility index (Phi) is 6.63. The first kappa shape index (κ1) is 24.5. The molecule has 4 rings (SSSR count). The number of hydrogen-bond donors (Lipinski definition) is 0. The van der Waals surface area contributed by atoms with Gasteiger partial charge in [-0.25, -0.2) is 0 Å². The first-order valence-electron chi connectivity index (χ1n) is 12.6. The van der Waals surface area contributed by atoms with E-state index in [0.29, 0.717) is 11.8 Å². The number of amides is 2. The van der Waals surface area contributed by atoms with Crippen LogP contribution in [-0.2, 0) is 22.6 Å². The molecule has 1 saturated carbocycles. The second kappa shape index (κ2) is 9.20. The van der Waals surface area contributed by atoms with Crippen molar-refractivity contribution in [1.29, 1.82) is 0 Å². The highest BCUT2D eigenvalue weighted by Gasteiger charge is 2.68. The maximum Gasteiger partial charge on any atom is 0.244 e. The van der Waals surface area contributed by atoms with Crippen molar-refractivity contribution in [2.45, 2.75) is 66.5 Å². The van der Waals surface area contributed by atoms with E-state index < -0.39 is 0 Å². The average Bonchev–Trinajstić information content (AvgIpc) is 3.13. The van der Waals surface area contributed by atoms with Gasteiger partial charge >= 0.3 is 0 Å².